The van der Waals surface area contributed by atoms with Crippen molar-refractivity contribution in [3.8, 4) is 5.75 Å². The van der Waals surface area contributed by atoms with E-state index in [2.05, 4.69) is 10.5 Å². The van der Waals surface area contributed by atoms with Gasteiger partial charge in [0.05, 0.1) is 6.04 Å². The summed E-state index contributed by atoms with van der Waals surface area (Å²) in [6.45, 7) is 1.30. The number of nitrogens with one attached hydrogen (secondary N) is 1. The van der Waals surface area contributed by atoms with E-state index in [0.29, 0.717) is 25.0 Å². The summed E-state index contributed by atoms with van der Waals surface area (Å²) in [7, 11) is 0. The van der Waals surface area contributed by atoms with Gasteiger partial charge < -0.3 is 24.7 Å². The topological polar surface area (TPSA) is 113 Å². The molecule has 36 heavy (non-hydrogen) atoms. The molecule has 0 unspecified atom stereocenters. The van der Waals surface area contributed by atoms with Crippen LogP contribution in [0.25, 0.3) is 0 Å². The first kappa shape index (κ1) is 24.2. The van der Waals surface area contributed by atoms with Gasteiger partial charge in [-0.2, -0.15) is 0 Å². The third kappa shape index (κ3) is 3.71. The first-order valence-corrected chi connectivity index (χ1v) is 11.5. The molecule has 2 amide bonds. The van der Waals surface area contributed by atoms with Crippen molar-refractivity contribution in [2.24, 2.45) is 5.16 Å². The smallest absolute Gasteiger partial charge is 0.274 e. The lowest BCUT2D eigenvalue weighted by Gasteiger charge is -2.41. The van der Waals surface area contributed by atoms with Crippen molar-refractivity contribution in [3.63, 3.8) is 0 Å². The highest BCUT2D eigenvalue weighted by atomic mass is 35.5. The Kier molecular flexibility index (Phi) is 5.73. The normalized spacial score (nSPS) is 24.8. The van der Waals surface area contributed by atoms with Crippen LogP contribution in [0.5, 0.6) is 5.75 Å². The Hall–Kier alpha value is -3.54. The van der Waals surface area contributed by atoms with Gasteiger partial charge in [-0.1, -0.05) is 16.8 Å². The van der Waals surface area contributed by atoms with Gasteiger partial charge >= 0.3 is 0 Å². The molecule has 4 heterocycles. The molecule has 3 aliphatic rings. The maximum atomic E-state index is 14.0. The first-order chi connectivity index (χ1) is 17.0. The third-order valence-corrected chi connectivity index (χ3v) is 7.25. The molecule has 3 atom stereocenters. The van der Waals surface area contributed by atoms with Crippen molar-refractivity contribution in [2.75, 3.05) is 6.54 Å². The number of benzene rings is 1. The van der Waals surface area contributed by atoms with Crippen LogP contribution in [-0.4, -0.2) is 49.7 Å². The van der Waals surface area contributed by atoms with E-state index in [-0.39, 0.29) is 29.9 Å². The van der Waals surface area contributed by atoms with Crippen molar-refractivity contribution >= 4 is 28.6 Å². The lowest BCUT2D eigenvalue weighted by Crippen LogP contribution is -2.52. The van der Waals surface area contributed by atoms with E-state index in [1.165, 1.54) is 9.47 Å². The van der Waals surface area contributed by atoms with Crippen LogP contribution in [0.15, 0.2) is 28.3 Å². The Morgan fingerprint density at radius 2 is 2.00 bits per heavy atom. The quantitative estimate of drug-likeness (QED) is 0.641. The van der Waals surface area contributed by atoms with Gasteiger partial charge in [-0.05, 0) is 19.8 Å². The Morgan fingerprint density at radius 1 is 1.31 bits per heavy atom. The summed E-state index contributed by atoms with van der Waals surface area (Å²) in [5.41, 5.74) is -3.58. The second-order valence-electron chi connectivity index (χ2n) is 9.17. The Balaban J connectivity index is 1.55. The van der Waals surface area contributed by atoms with Crippen LogP contribution in [0.3, 0.4) is 0 Å². The summed E-state index contributed by atoms with van der Waals surface area (Å²) in [5.74, 6) is -6.13. The number of nitrogens with zero attached hydrogens (tertiary/aromatic N) is 3. The molecule has 0 aliphatic carbocycles. The number of oxime groups is 1. The van der Waals surface area contributed by atoms with Crippen molar-refractivity contribution < 1.29 is 32.7 Å². The van der Waals surface area contributed by atoms with Gasteiger partial charge in [-0.3, -0.25) is 14.4 Å². The minimum absolute atomic E-state index is 0.155. The van der Waals surface area contributed by atoms with Crippen LogP contribution in [0, 0.1) is 17.5 Å². The maximum absolute atomic E-state index is 14.0. The zero-order chi connectivity index (χ0) is 25.9. The van der Waals surface area contributed by atoms with E-state index in [0.717, 1.165) is 6.20 Å². The number of hydrogen-bond donors (Lipinski definition) is 2. The second kappa shape index (κ2) is 8.54. The van der Waals surface area contributed by atoms with Crippen LogP contribution < -0.4 is 10.7 Å². The zero-order valence-electron chi connectivity index (χ0n) is 18.9. The molecule has 2 N–H and O–H groups in total. The van der Waals surface area contributed by atoms with Gasteiger partial charge in [0.25, 0.3) is 11.8 Å². The second-order valence-corrected chi connectivity index (χ2v) is 9.60. The number of amides is 2. The third-order valence-electron chi connectivity index (χ3n) is 7.05. The molecule has 0 radical (unpaired) electrons. The number of carbonyl (C=O) groups excluding carboxylic acids is 2. The largest absolute Gasteiger partial charge is 0.503 e. The highest BCUT2D eigenvalue weighted by Gasteiger charge is 2.54. The van der Waals surface area contributed by atoms with E-state index in [1.54, 1.807) is 0 Å². The summed E-state index contributed by atoms with van der Waals surface area (Å²) < 4.78 is 42.4. The maximum Gasteiger partial charge on any atom is 0.274 e. The summed E-state index contributed by atoms with van der Waals surface area (Å²) >= 11 is 6.12. The van der Waals surface area contributed by atoms with Crippen LogP contribution in [0.4, 0.5) is 13.2 Å². The summed E-state index contributed by atoms with van der Waals surface area (Å²) in [4.78, 5) is 46.3. The lowest BCUT2D eigenvalue weighted by molar-refractivity contribution is -0.0655. The summed E-state index contributed by atoms with van der Waals surface area (Å²) in [6.07, 6.45) is 2.35. The first-order valence-electron chi connectivity index (χ1n) is 11.1. The number of aromatic hydroxyl groups is 1. The number of carbonyl (C=O) groups is 2. The Labute approximate surface area is 207 Å². The van der Waals surface area contributed by atoms with Crippen LogP contribution >= 0.6 is 11.6 Å². The fraction of sp³-hybridized carbons (Fsp3) is 0.391. The summed E-state index contributed by atoms with van der Waals surface area (Å²) in [5, 5.41) is 17.0. The van der Waals surface area contributed by atoms with Gasteiger partial charge in [0, 0.05) is 49.4 Å². The SMILES string of the molecule is C[C@H]1CC[C@]2(CC(Cl)=NO2)[C@H]2CN1C(=O)c1c(O)c(=O)c(C(=O)NCc3c(F)cc(F)cc3F)cn12. The van der Waals surface area contributed by atoms with Crippen LogP contribution in [0.1, 0.15) is 58.6 Å². The molecule has 1 aromatic heterocycles. The molecular weight excluding hydrogens is 505 g/mol. The molecule has 2 bridgehead atoms. The van der Waals surface area contributed by atoms with E-state index >= 15 is 0 Å². The number of aromatic nitrogens is 1. The van der Waals surface area contributed by atoms with E-state index in [1.807, 2.05) is 6.92 Å². The van der Waals surface area contributed by atoms with Gasteiger partial charge in [0.2, 0.25) is 5.43 Å². The monoisotopic (exact) mass is 524 g/mol. The minimum atomic E-state index is -1.21. The molecule has 1 fully saturated rings. The lowest BCUT2D eigenvalue weighted by atomic mass is 9.85. The van der Waals surface area contributed by atoms with Gasteiger partial charge in [0.1, 0.15) is 28.2 Å². The molecule has 2 aromatic rings. The van der Waals surface area contributed by atoms with Crippen molar-refractivity contribution in [1.82, 2.24) is 14.8 Å². The molecule has 1 spiro atoms. The number of hydrogen-bond acceptors (Lipinski definition) is 6. The number of rotatable bonds is 3. The average molecular weight is 525 g/mol. The van der Waals surface area contributed by atoms with E-state index in [9.17, 15) is 32.7 Å². The average Bonchev–Trinajstić information content (AvgIpc) is 3.14. The van der Waals surface area contributed by atoms with Crippen LogP contribution in [0.2, 0.25) is 0 Å². The number of fused-ring (bicyclic) bond motifs is 5. The van der Waals surface area contributed by atoms with Crippen molar-refractivity contribution in [2.45, 2.75) is 50.4 Å². The molecule has 5 rings (SSSR count). The molecule has 3 aliphatic heterocycles. The highest BCUT2D eigenvalue weighted by molar-refractivity contribution is 6.65. The summed E-state index contributed by atoms with van der Waals surface area (Å²) in [6, 6.07) is 0.0420. The molecule has 1 saturated heterocycles. The van der Waals surface area contributed by atoms with E-state index in [4.69, 9.17) is 16.4 Å². The predicted molar refractivity (Wildman–Crippen MR) is 120 cm³/mol. The fourth-order valence-electron chi connectivity index (χ4n) is 5.08. The molecule has 190 valence electrons. The standard InChI is InChI=1S/C23H20ClF3N4O5/c1-10-2-3-23(6-17(24)29-36-23)16-9-30(10)22(35)18-20(33)19(32)13(8-31(16)18)21(34)28-7-12-14(26)4-11(25)5-15(12)27/h4-5,8,10,16,33H,2-3,6-7,9H2,1H3,(H,28,34)/t10-,16+,23-/m0/s1. The molecule has 1 aromatic carbocycles. The Morgan fingerprint density at radius 3 is 2.64 bits per heavy atom. The van der Waals surface area contributed by atoms with Crippen molar-refractivity contribution in [1.29, 1.82) is 0 Å². The Bertz CT molecular complexity index is 1370. The van der Waals surface area contributed by atoms with Crippen molar-refractivity contribution in [3.05, 3.63) is 62.8 Å². The zero-order valence-corrected chi connectivity index (χ0v) is 19.6. The molecule has 0 saturated carbocycles. The van der Waals surface area contributed by atoms with Gasteiger partial charge in [-0.15, -0.1) is 0 Å². The number of halogens is 4. The molecule has 13 heteroatoms. The fourth-order valence-corrected chi connectivity index (χ4v) is 5.34. The predicted octanol–water partition coefficient (Wildman–Crippen LogP) is 2.79. The molecular formula is C23H20ClF3N4O5. The molecule has 9 nitrogen and oxygen atoms in total. The highest BCUT2D eigenvalue weighted by Crippen LogP contribution is 2.46. The number of pyridine rings is 1. The van der Waals surface area contributed by atoms with Gasteiger partial charge in [0.15, 0.2) is 17.0 Å². The van der Waals surface area contributed by atoms with E-state index < -0.39 is 69.8 Å². The minimum Gasteiger partial charge on any atom is -0.503 e. The van der Waals surface area contributed by atoms with Crippen LogP contribution in [-0.2, 0) is 11.4 Å². The van der Waals surface area contributed by atoms with Gasteiger partial charge in [-0.25, -0.2) is 13.2 Å².